The summed E-state index contributed by atoms with van der Waals surface area (Å²) < 4.78 is 0. The van der Waals surface area contributed by atoms with Crippen LogP contribution in [0.4, 0.5) is 0 Å². The van der Waals surface area contributed by atoms with E-state index in [1.54, 1.807) is 11.3 Å². The van der Waals surface area contributed by atoms with Gasteiger partial charge in [0.05, 0.1) is 6.04 Å². The van der Waals surface area contributed by atoms with Crippen molar-refractivity contribution in [2.45, 2.75) is 25.8 Å². The van der Waals surface area contributed by atoms with Crippen LogP contribution in [0.1, 0.15) is 29.4 Å². The van der Waals surface area contributed by atoms with Gasteiger partial charge in [-0.05, 0) is 18.4 Å². The van der Waals surface area contributed by atoms with Crippen molar-refractivity contribution in [3.8, 4) is 0 Å². The molecule has 1 aromatic rings. The standard InChI is InChI=1S/C8H15N3S2/c1-3-6(9)8-11-10-7(13-8)4-5-12-2/h6H,3-5,9H2,1-2H3. The Morgan fingerprint density at radius 2 is 2.31 bits per heavy atom. The van der Waals surface area contributed by atoms with Gasteiger partial charge in [-0.15, -0.1) is 10.2 Å². The van der Waals surface area contributed by atoms with Crippen LogP contribution in [0.3, 0.4) is 0 Å². The molecule has 0 spiro atoms. The molecule has 1 atom stereocenters. The van der Waals surface area contributed by atoms with Crippen molar-refractivity contribution in [2.24, 2.45) is 5.73 Å². The average molecular weight is 217 g/mol. The zero-order valence-corrected chi connectivity index (χ0v) is 9.62. The van der Waals surface area contributed by atoms with Gasteiger partial charge in [-0.1, -0.05) is 18.3 Å². The van der Waals surface area contributed by atoms with Crippen LogP contribution in [0.15, 0.2) is 0 Å². The minimum atomic E-state index is 0.0699. The molecular formula is C8H15N3S2. The highest BCUT2D eigenvalue weighted by Gasteiger charge is 2.09. The van der Waals surface area contributed by atoms with E-state index >= 15 is 0 Å². The van der Waals surface area contributed by atoms with E-state index in [0.717, 1.165) is 28.6 Å². The van der Waals surface area contributed by atoms with E-state index in [2.05, 4.69) is 23.4 Å². The monoisotopic (exact) mass is 217 g/mol. The maximum Gasteiger partial charge on any atom is 0.134 e. The SMILES string of the molecule is CCC(N)c1nnc(CCSC)s1. The smallest absolute Gasteiger partial charge is 0.134 e. The second kappa shape index (κ2) is 5.57. The summed E-state index contributed by atoms with van der Waals surface area (Å²) in [5, 5.41) is 10.2. The first-order valence-electron chi connectivity index (χ1n) is 4.34. The highest BCUT2D eigenvalue weighted by molar-refractivity contribution is 7.98. The Morgan fingerprint density at radius 3 is 2.92 bits per heavy atom. The number of aromatic nitrogens is 2. The molecule has 0 saturated heterocycles. The summed E-state index contributed by atoms with van der Waals surface area (Å²) in [7, 11) is 0. The highest BCUT2D eigenvalue weighted by Crippen LogP contribution is 2.19. The summed E-state index contributed by atoms with van der Waals surface area (Å²) in [6.07, 6.45) is 4.03. The molecule has 0 amide bonds. The van der Waals surface area contributed by atoms with Crippen LogP contribution in [0.2, 0.25) is 0 Å². The molecule has 13 heavy (non-hydrogen) atoms. The van der Waals surface area contributed by atoms with Crippen LogP contribution in [-0.4, -0.2) is 22.2 Å². The topological polar surface area (TPSA) is 51.8 Å². The molecule has 0 aromatic carbocycles. The lowest BCUT2D eigenvalue weighted by atomic mass is 10.3. The molecule has 0 aliphatic carbocycles. The van der Waals surface area contributed by atoms with Gasteiger partial charge in [-0.3, -0.25) is 0 Å². The summed E-state index contributed by atoms with van der Waals surface area (Å²) in [5.41, 5.74) is 5.84. The third-order valence-corrected chi connectivity index (χ3v) is 3.49. The van der Waals surface area contributed by atoms with Gasteiger partial charge in [-0.2, -0.15) is 11.8 Å². The van der Waals surface area contributed by atoms with Crippen molar-refractivity contribution >= 4 is 23.1 Å². The minimum absolute atomic E-state index is 0.0699. The second-order valence-corrected chi connectivity index (χ2v) is 4.87. The lowest BCUT2D eigenvalue weighted by molar-refractivity contribution is 0.681. The number of nitrogens with zero attached hydrogens (tertiary/aromatic N) is 2. The van der Waals surface area contributed by atoms with Crippen molar-refractivity contribution in [1.29, 1.82) is 0 Å². The molecule has 0 bridgehead atoms. The molecule has 1 rings (SSSR count). The van der Waals surface area contributed by atoms with E-state index in [-0.39, 0.29) is 6.04 Å². The molecule has 74 valence electrons. The van der Waals surface area contributed by atoms with Crippen LogP contribution in [0.25, 0.3) is 0 Å². The summed E-state index contributed by atoms with van der Waals surface area (Å²) in [6, 6.07) is 0.0699. The van der Waals surface area contributed by atoms with Crippen LogP contribution >= 0.6 is 23.1 Å². The van der Waals surface area contributed by atoms with Gasteiger partial charge in [0.1, 0.15) is 10.0 Å². The lowest BCUT2D eigenvalue weighted by Gasteiger charge is -2.00. The maximum absolute atomic E-state index is 5.84. The van der Waals surface area contributed by atoms with E-state index in [1.165, 1.54) is 0 Å². The van der Waals surface area contributed by atoms with Crippen molar-refractivity contribution in [2.75, 3.05) is 12.0 Å². The van der Waals surface area contributed by atoms with Crippen molar-refractivity contribution in [3.05, 3.63) is 10.0 Å². The molecule has 2 N–H and O–H groups in total. The molecule has 0 saturated carbocycles. The van der Waals surface area contributed by atoms with Gasteiger partial charge in [0, 0.05) is 6.42 Å². The first kappa shape index (κ1) is 10.9. The van der Waals surface area contributed by atoms with Crippen LogP contribution in [-0.2, 0) is 6.42 Å². The zero-order chi connectivity index (χ0) is 9.68. The van der Waals surface area contributed by atoms with E-state index in [1.807, 2.05) is 11.8 Å². The van der Waals surface area contributed by atoms with Crippen LogP contribution in [0.5, 0.6) is 0 Å². The summed E-state index contributed by atoms with van der Waals surface area (Å²) in [4.78, 5) is 0. The normalized spacial score (nSPS) is 13.2. The minimum Gasteiger partial charge on any atom is -0.322 e. The molecule has 1 aromatic heterocycles. The Kier molecular flexibility index (Phi) is 4.69. The number of rotatable bonds is 5. The third kappa shape index (κ3) is 3.25. The highest BCUT2D eigenvalue weighted by atomic mass is 32.2. The fraction of sp³-hybridized carbons (Fsp3) is 0.750. The summed E-state index contributed by atoms with van der Waals surface area (Å²) in [6.45, 7) is 2.06. The van der Waals surface area contributed by atoms with Crippen molar-refractivity contribution in [1.82, 2.24) is 10.2 Å². The molecule has 1 unspecified atom stereocenters. The van der Waals surface area contributed by atoms with Crippen LogP contribution in [0, 0.1) is 0 Å². The fourth-order valence-corrected chi connectivity index (χ4v) is 2.34. The molecule has 5 heteroatoms. The number of hydrogen-bond acceptors (Lipinski definition) is 5. The summed E-state index contributed by atoms with van der Waals surface area (Å²) >= 11 is 3.47. The number of thioether (sulfide) groups is 1. The van der Waals surface area contributed by atoms with Gasteiger partial charge in [0.25, 0.3) is 0 Å². The fourth-order valence-electron chi connectivity index (χ4n) is 0.881. The van der Waals surface area contributed by atoms with Crippen molar-refractivity contribution in [3.63, 3.8) is 0 Å². The molecule has 3 nitrogen and oxygen atoms in total. The molecular weight excluding hydrogens is 202 g/mol. The Hall–Kier alpha value is -0.130. The number of aryl methyl sites for hydroxylation is 1. The van der Waals surface area contributed by atoms with Gasteiger partial charge < -0.3 is 5.73 Å². The quantitative estimate of drug-likeness (QED) is 0.818. The first-order valence-corrected chi connectivity index (χ1v) is 6.55. The van der Waals surface area contributed by atoms with Gasteiger partial charge >= 0.3 is 0 Å². The van der Waals surface area contributed by atoms with Crippen molar-refractivity contribution < 1.29 is 0 Å². The lowest BCUT2D eigenvalue weighted by Crippen LogP contribution is -2.07. The zero-order valence-electron chi connectivity index (χ0n) is 7.99. The predicted octanol–water partition coefficient (Wildman–Crippen LogP) is 1.85. The average Bonchev–Trinajstić information content (AvgIpc) is 2.62. The first-order chi connectivity index (χ1) is 6.27. The maximum atomic E-state index is 5.84. The number of hydrogen-bond donors (Lipinski definition) is 1. The van der Waals surface area contributed by atoms with Gasteiger partial charge in [0.2, 0.25) is 0 Å². The van der Waals surface area contributed by atoms with Crippen LogP contribution < -0.4 is 5.73 Å². The molecule has 0 fully saturated rings. The second-order valence-electron chi connectivity index (χ2n) is 2.79. The Bertz CT molecular complexity index is 249. The Balaban J connectivity index is 2.53. The molecule has 0 aliphatic heterocycles. The Labute approximate surface area is 87.1 Å². The van der Waals surface area contributed by atoms with E-state index in [4.69, 9.17) is 5.73 Å². The third-order valence-electron chi connectivity index (χ3n) is 1.76. The summed E-state index contributed by atoms with van der Waals surface area (Å²) in [5.74, 6) is 1.11. The van der Waals surface area contributed by atoms with Gasteiger partial charge in [0.15, 0.2) is 0 Å². The molecule has 0 radical (unpaired) electrons. The van der Waals surface area contributed by atoms with E-state index < -0.39 is 0 Å². The Morgan fingerprint density at radius 1 is 1.54 bits per heavy atom. The van der Waals surface area contributed by atoms with E-state index in [9.17, 15) is 0 Å². The number of nitrogens with two attached hydrogens (primary N) is 1. The largest absolute Gasteiger partial charge is 0.322 e. The van der Waals surface area contributed by atoms with E-state index in [0.29, 0.717) is 0 Å². The molecule has 1 heterocycles. The molecule has 0 aliphatic rings. The predicted molar refractivity (Wildman–Crippen MR) is 59.2 cm³/mol. The van der Waals surface area contributed by atoms with Gasteiger partial charge in [-0.25, -0.2) is 0 Å².